The van der Waals surface area contributed by atoms with Crippen LogP contribution in [0.3, 0.4) is 0 Å². The van der Waals surface area contributed by atoms with Gasteiger partial charge in [0.1, 0.15) is 5.60 Å². The number of amides is 2. The molecule has 0 aromatic heterocycles. The molecule has 0 unspecified atom stereocenters. The highest BCUT2D eigenvalue weighted by Crippen LogP contribution is 2.32. The lowest BCUT2D eigenvalue weighted by Crippen LogP contribution is -2.55. The van der Waals surface area contributed by atoms with E-state index in [0.29, 0.717) is 30.6 Å². The normalized spacial score (nSPS) is 22.2. The standard InChI is InChI=1S/C27H40F3N3O3/c1-18-13-20(15-21(14-18)27(28,29)30)23(34)31-16-19-7-9-22(10-8-19)32-17-26(11-5-6-12-26)33-24(35)36-25(2,3)4/h13-15,19,22,32H,5-12,16-17H2,1-4H3,(H,31,34)(H,33,35)/t19-,22+. The van der Waals surface area contributed by atoms with E-state index in [2.05, 4.69) is 16.0 Å². The van der Waals surface area contributed by atoms with Gasteiger partial charge >= 0.3 is 12.3 Å². The van der Waals surface area contributed by atoms with E-state index in [1.165, 1.54) is 6.07 Å². The van der Waals surface area contributed by atoms with Crippen molar-refractivity contribution in [3.05, 3.63) is 34.9 Å². The highest BCUT2D eigenvalue weighted by Gasteiger charge is 2.37. The molecule has 0 spiro atoms. The Morgan fingerprint density at radius 3 is 2.25 bits per heavy atom. The second kappa shape index (κ2) is 11.4. The second-order valence-corrected chi connectivity index (χ2v) is 11.5. The molecule has 0 atom stereocenters. The number of benzene rings is 1. The van der Waals surface area contributed by atoms with Crippen LogP contribution in [0.5, 0.6) is 0 Å². The monoisotopic (exact) mass is 511 g/mol. The number of alkyl halides is 3. The number of hydrogen-bond acceptors (Lipinski definition) is 4. The molecule has 0 aliphatic heterocycles. The molecule has 2 amide bonds. The third-order valence-corrected chi connectivity index (χ3v) is 7.12. The summed E-state index contributed by atoms with van der Waals surface area (Å²) in [5, 5.41) is 9.59. The van der Waals surface area contributed by atoms with E-state index < -0.39 is 23.2 Å². The zero-order valence-corrected chi connectivity index (χ0v) is 21.8. The Balaban J connectivity index is 1.44. The molecule has 0 saturated heterocycles. The topological polar surface area (TPSA) is 79.5 Å². The van der Waals surface area contributed by atoms with Crippen molar-refractivity contribution in [3.63, 3.8) is 0 Å². The lowest BCUT2D eigenvalue weighted by molar-refractivity contribution is -0.137. The molecular weight excluding hydrogens is 471 g/mol. The number of alkyl carbamates (subject to hydrolysis) is 1. The van der Waals surface area contributed by atoms with Gasteiger partial charge in [0.05, 0.1) is 11.1 Å². The molecule has 0 heterocycles. The Morgan fingerprint density at radius 2 is 1.67 bits per heavy atom. The Hall–Kier alpha value is -2.29. The van der Waals surface area contributed by atoms with Crippen LogP contribution in [0.1, 0.15) is 93.6 Å². The molecule has 3 N–H and O–H groups in total. The predicted molar refractivity (Wildman–Crippen MR) is 133 cm³/mol. The molecule has 202 valence electrons. The van der Waals surface area contributed by atoms with Gasteiger partial charge in [-0.1, -0.05) is 12.8 Å². The van der Waals surface area contributed by atoms with E-state index >= 15 is 0 Å². The highest BCUT2D eigenvalue weighted by molar-refractivity contribution is 5.94. The van der Waals surface area contributed by atoms with E-state index in [9.17, 15) is 22.8 Å². The fourth-order valence-corrected chi connectivity index (χ4v) is 5.25. The van der Waals surface area contributed by atoms with Gasteiger partial charge in [0.2, 0.25) is 0 Å². The average molecular weight is 512 g/mol. The van der Waals surface area contributed by atoms with Gasteiger partial charge in [-0.3, -0.25) is 4.79 Å². The lowest BCUT2D eigenvalue weighted by Gasteiger charge is -2.35. The quantitative estimate of drug-likeness (QED) is 0.437. The summed E-state index contributed by atoms with van der Waals surface area (Å²) in [7, 11) is 0. The third kappa shape index (κ3) is 8.39. The van der Waals surface area contributed by atoms with Gasteiger partial charge in [0.15, 0.2) is 0 Å². The van der Waals surface area contributed by atoms with Crippen LogP contribution in [0.15, 0.2) is 18.2 Å². The number of carbonyl (C=O) groups excluding carboxylic acids is 2. The van der Waals surface area contributed by atoms with Gasteiger partial charge in [-0.05, 0) is 95.9 Å². The first-order valence-electron chi connectivity index (χ1n) is 13.0. The molecule has 2 saturated carbocycles. The minimum absolute atomic E-state index is 0.0389. The Kier molecular flexibility index (Phi) is 8.96. The fourth-order valence-electron chi connectivity index (χ4n) is 5.25. The Morgan fingerprint density at radius 1 is 1.03 bits per heavy atom. The van der Waals surface area contributed by atoms with Crippen molar-refractivity contribution in [2.45, 2.75) is 102 Å². The van der Waals surface area contributed by atoms with Gasteiger partial charge in [-0.15, -0.1) is 0 Å². The molecular formula is C27H40F3N3O3. The van der Waals surface area contributed by atoms with Crippen molar-refractivity contribution >= 4 is 12.0 Å². The molecule has 2 aliphatic rings. The summed E-state index contributed by atoms with van der Waals surface area (Å²) in [5.74, 6) is -0.180. The largest absolute Gasteiger partial charge is 0.444 e. The molecule has 2 aliphatic carbocycles. The second-order valence-electron chi connectivity index (χ2n) is 11.5. The third-order valence-electron chi connectivity index (χ3n) is 7.12. The Labute approximate surface area is 212 Å². The van der Waals surface area contributed by atoms with Crippen molar-refractivity contribution in [1.29, 1.82) is 0 Å². The summed E-state index contributed by atoms with van der Waals surface area (Å²) >= 11 is 0. The summed E-state index contributed by atoms with van der Waals surface area (Å²) in [5.41, 5.74) is -1.18. The fraction of sp³-hybridized carbons (Fsp3) is 0.704. The van der Waals surface area contributed by atoms with Crippen LogP contribution in [0, 0.1) is 12.8 Å². The summed E-state index contributed by atoms with van der Waals surface area (Å²) in [4.78, 5) is 24.9. The van der Waals surface area contributed by atoms with Gasteiger partial charge in [0.25, 0.3) is 5.91 Å². The lowest BCUT2D eigenvalue weighted by atomic mass is 9.85. The first-order valence-corrected chi connectivity index (χ1v) is 13.0. The van der Waals surface area contributed by atoms with E-state index in [-0.39, 0.29) is 17.2 Å². The van der Waals surface area contributed by atoms with E-state index in [0.717, 1.165) is 63.5 Å². The number of rotatable bonds is 7. The minimum Gasteiger partial charge on any atom is -0.444 e. The van der Waals surface area contributed by atoms with E-state index in [4.69, 9.17) is 4.74 Å². The van der Waals surface area contributed by atoms with Crippen LogP contribution in [0.2, 0.25) is 0 Å². The van der Waals surface area contributed by atoms with Crippen LogP contribution in [-0.2, 0) is 10.9 Å². The molecule has 6 nitrogen and oxygen atoms in total. The van der Waals surface area contributed by atoms with Crippen LogP contribution >= 0.6 is 0 Å². The maximum absolute atomic E-state index is 13.1. The van der Waals surface area contributed by atoms with Crippen molar-refractivity contribution in [1.82, 2.24) is 16.0 Å². The molecule has 0 bridgehead atoms. The Bertz CT molecular complexity index is 913. The summed E-state index contributed by atoms with van der Waals surface area (Å²) < 4.78 is 44.7. The first-order chi connectivity index (χ1) is 16.7. The van der Waals surface area contributed by atoms with Gasteiger partial charge in [0, 0.05) is 24.7 Å². The van der Waals surface area contributed by atoms with Crippen molar-refractivity contribution in [2.24, 2.45) is 5.92 Å². The van der Waals surface area contributed by atoms with Crippen molar-refractivity contribution in [3.8, 4) is 0 Å². The average Bonchev–Trinajstić information content (AvgIpc) is 3.22. The van der Waals surface area contributed by atoms with Gasteiger partial charge in [-0.25, -0.2) is 4.79 Å². The zero-order chi connectivity index (χ0) is 26.6. The SMILES string of the molecule is Cc1cc(C(=O)NC[C@H]2CC[C@@H](NCC3(NC(=O)OC(C)(C)C)CCCC3)CC2)cc(C(F)(F)F)c1. The van der Waals surface area contributed by atoms with Gasteiger partial charge < -0.3 is 20.7 Å². The first kappa shape index (κ1) is 28.3. The maximum atomic E-state index is 13.1. The van der Waals surface area contributed by atoms with Gasteiger partial charge in [-0.2, -0.15) is 13.2 Å². The van der Waals surface area contributed by atoms with Crippen molar-refractivity contribution in [2.75, 3.05) is 13.1 Å². The molecule has 1 aromatic rings. The number of hydrogen-bond donors (Lipinski definition) is 3. The van der Waals surface area contributed by atoms with E-state index in [1.807, 2.05) is 20.8 Å². The van der Waals surface area contributed by atoms with Crippen LogP contribution in [-0.4, -0.2) is 42.3 Å². The predicted octanol–water partition coefficient (Wildman–Crippen LogP) is 5.73. The maximum Gasteiger partial charge on any atom is 0.416 e. The number of ether oxygens (including phenoxy) is 1. The van der Waals surface area contributed by atoms with Crippen LogP contribution < -0.4 is 16.0 Å². The van der Waals surface area contributed by atoms with Crippen LogP contribution in [0.4, 0.5) is 18.0 Å². The molecule has 1 aromatic carbocycles. The van der Waals surface area contributed by atoms with E-state index in [1.54, 1.807) is 6.92 Å². The smallest absolute Gasteiger partial charge is 0.416 e. The summed E-state index contributed by atoms with van der Waals surface area (Å²) in [6.45, 7) is 8.27. The van der Waals surface area contributed by atoms with Crippen molar-refractivity contribution < 1.29 is 27.5 Å². The summed E-state index contributed by atoms with van der Waals surface area (Å²) in [6, 6.07) is 3.77. The molecule has 3 rings (SSSR count). The number of carbonyl (C=O) groups is 2. The number of nitrogens with one attached hydrogen (secondary N) is 3. The number of aryl methyl sites for hydroxylation is 1. The minimum atomic E-state index is -4.48. The molecule has 9 heteroatoms. The number of halogens is 3. The summed E-state index contributed by atoms with van der Waals surface area (Å²) in [6.07, 6.45) is 2.90. The molecule has 2 fully saturated rings. The molecule has 0 radical (unpaired) electrons. The van der Waals surface area contributed by atoms with Crippen LogP contribution in [0.25, 0.3) is 0 Å². The zero-order valence-electron chi connectivity index (χ0n) is 21.8. The highest BCUT2D eigenvalue weighted by atomic mass is 19.4. The molecule has 36 heavy (non-hydrogen) atoms.